The van der Waals surface area contributed by atoms with Crippen LogP contribution in [0.4, 0.5) is 0 Å². The second-order valence-corrected chi connectivity index (χ2v) is 6.46. The van der Waals surface area contributed by atoms with Crippen molar-refractivity contribution in [2.45, 2.75) is 39.0 Å². The predicted molar refractivity (Wildman–Crippen MR) is 88.9 cm³/mol. The molecule has 0 saturated carbocycles. The van der Waals surface area contributed by atoms with Crippen LogP contribution >= 0.6 is 0 Å². The number of benzene rings is 1. The predicted octanol–water partition coefficient (Wildman–Crippen LogP) is 2.58. The van der Waals surface area contributed by atoms with Gasteiger partial charge in [0.1, 0.15) is 6.04 Å². The molecule has 1 unspecified atom stereocenters. The summed E-state index contributed by atoms with van der Waals surface area (Å²) in [5.41, 5.74) is 2.61. The summed E-state index contributed by atoms with van der Waals surface area (Å²) in [5.74, 6) is -0.0486. The Hall–Kier alpha value is -1.90. The molecular formula is C18H25N3O2. The van der Waals surface area contributed by atoms with Crippen LogP contribution in [0.1, 0.15) is 47.8 Å². The first-order chi connectivity index (χ1) is 10.9. The number of hydrogen-bond donors (Lipinski definition) is 0. The van der Waals surface area contributed by atoms with Crippen LogP contribution in [0.2, 0.25) is 0 Å². The van der Waals surface area contributed by atoms with E-state index in [1.807, 2.05) is 46.1 Å². The highest BCUT2D eigenvalue weighted by Gasteiger charge is 2.36. The maximum atomic E-state index is 12.6. The van der Waals surface area contributed by atoms with Gasteiger partial charge in [0.05, 0.1) is 12.2 Å². The number of rotatable bonds is 7. The SMILES string of the molecule is CC(C)OCCCN1C(=O)c2ccc(CN(C)C)cc2C1C#N. The van der Waals surface area contributed by atoms with Gasteiger partial charge in [-0.15, -0.1) is 0 Å². The quantitative estimate of drug-likeness (QED) is 0.726. The van der Waals surface area contributed by atoms with Crippen LogP contribution in [0, 0.1) is 11.3 Å². The van der Waals surface area contributed by atoms with E-state index in [9.17, 15) is 10.1 Å². The molecule has 0 saturated heterocycles. The van der Waals surface area contributed by atoms with Gasteiger partial charge in [-0.25, -0.2) is 0 Å². The number of nitrogens with zero attached hydrogens (tertiary/aromatic N) is 3. The van der Waals surface area contributed by atoms with Crippen molar-refractivity contribution >= 4 is 5.91 Å². The fourth-order valence-corrected chi connectivity index (χ4v) is 2.86. The highest BCUT2D eigenvalue weighted by molar-refractivity contribution is 5.99. The van der Waals surface area contributed by atoms with Crippen LogP contribution in [0.15, 0.2) is 18.2 Å². The number of nitriles is 1. The number of ether oxygens (including phenoxy) is 1. The number of carbonyl (C=O) groups excluding carboxylic acids is 1. The van der Waals surface area contributed by atoms with Gasteiger partial charge < -0.3 is 14.5 Å². The van der Waals surface area contributed by atoms with E-state index >= 15 is 0 Å². The Morgan fingerprint density at radius 2 is 2.13 bits per heavy atom. The smallest absolute Gasteiger partial charge is 0.255 e. The molecule has 0 bridgehead atoms. The van der Waals surface area contributed by atoms with E-state index in [-0.39, 0.29) is 12.0 Å². The minimum atomic E-state index is -0.487. The van der Waals surface area contributed by atoms with Crippen molar-refractivity contribution < 1.29 is 9.53 Å². The van der Waals surface area contributed by atoms with Gasteiger partial charge in [0.25, 0.3) is 5.91 Å². The van der Waals surface area contributed by atoms with E-state index in [0.717, 1.165) is 24.1 Å². The van der Waals surface area contributed by atoms with Crippen molar-refractivity contribution in [2.75, 3.05) is 27.2 Å². The zero-order chi connectivity index (χ0) is 17.0. The highest BCUT2D eigenvalue weighted by atomic mass is 16.5. The molecular weight excluding hydrogens is 290 g/mol. The second kappa shape index (κ2) is 7.58. The van der Waals surface area contributed by atoms with Gasteiger partial charge in [0.2, 0.25) is 0 Å². The molecule has 1 aromatic carbocycles. The third-order valence-corrected chi connectivity index (χ3v) is 3.83. The van der Waals surface area contributed by atoms with Gasteiger partial charge in [-0.2, -0.15) is 5.26 Å². The average molecular weight is 315 g/mol. The Balaban J connectivity index is 2.12. The van der Waals surface area contributed by atoms with Crippen LogP contribution in [0.5, 0.6) is 0 Å². The summed E-state index contributed by atoms with van der Waals surface area (Å²) < 4.78 is 5.52. The fourth-order valence-electron chi connectivity index (χ4n) is 2.86. The van der Waals surface area contributed by atoms with Crippen LogP contribution in [-0.4, -0.2) is 49.1 Å². The molecule has 0 fully saturated rings. The lowest BCUT2D eigenvalue weighted by molar-refractivity contribution is 0.0611. The van der Waals surface area contributed by atoms with E-state index in [4.69, 9.17) is 4.74 Å². The molecule has 0 N–H and O–H groups in total. The molecule has 1 aliphatic rings. The first-order valence-corrected chi connectivity index (χ1v) is 8.03. The molecule has 1 amide bonds. The first-order valence-electron chi connectivity index (χ1n) is 8.03. The Kier molecular flexibility index (Phi) is 5.75. The average Bonchev–Trinajstić information content (AvgIpc) is 2.74. The zero-order valence-corrected chi connectivity index (χ0v) is 14.4. The zero-order valence-electron chi connectivity index (χ0n) is 14.4. The van der Waals surface area contributed by atoms with Crippen LogP contribution in [0.3, 0.4) is 0 Å². The number of hydrogen-bond acceptors (Lipinski definition) is 4. The van der Waals surface area contributed by atoms with Crippen molar-refractivity contribution in [1.82, 2.24) is 9.80 Å². The molecule has 1 aliphatic heterocycles. The molecule has 1 heterocycles. The van der Waals surface area contributed by atoms with Crippen molar-refractivity contribution in [2.24, 2.45) is 0 Å². The molecule has 23 heavy (non-hydrogen) atoms. The summed E-state index contributed by atoms with van der Waals surface area (Å²) in [5, 5.41) is 9.53. The van der Waals surface area contributed by atoms with Crippen LogP contribution in [0.25, 0.3) is 0 Å². The molecule has 1 atom stereocenters. The van der Waals surface area contributed by atoms with Crippen molar-refractivity contribution in [3.05, 3.63) is 34.9 Å². The molecule has 1 aromatic rings. The van der Waals surface area contributed by atoms with Gasteiger partial charge >= 0.3 is 0 Å². The van der Waals surface area contributed by atoms with Gasteiger partial charge in [0, 0.05) is 30.8 Å². The summed E-state index contributed by atoms with van der Waals surface area (Å²) in [4.78, 5) is 16.3. The second-order valence-electron chi connectivity index (χ2n) is 6.46. The summed E-state index contributed by atoms with van der Waals surface area (Å²) >= 11 is 0. The Morgan fingerprint density at radius 3 is 2.74 bits per heavy atom. The normalized spacial score (nSPS) is 17.0. The van der Waals surface area contributed by atoms with Gasteiger partial charge in [0.15, 0.2) is 0 Å². The standard InChI is InChI=1S/C18H25N3O2/c1-13(2)23-9-5-8-21-17(11-19)16-10-14(12-20(3)4)6-7-15(16)18(21)22/h6-7,10,13,17H,5,8-9,12H2,1-4H3. The molecule has 2 rings (SSSR count). The van der Waals surface area contributed by atoms with Crippen LogP contribution < -0.4 is 0 Å². The molecule has 124 valence electrons. The van der Waals surface area contributed by atoms with E-state index in [1.54, 1.807) is 4.90 Å². The fraction of sp³-hybridized carbons (Fsp3) is 0.556. The van der Waals surface area contributed by atoms with Gasteiger partial charge in [-0.1, -0.05) is 12.1 Å². The van der Waals surface area contributed by atoms with Crippen LogP contribution in [-0.2, 0) is 11.3 Å². The van der Waals surface area contributed by atoms with E-state index in [0.29, 0.717) is 18.7 Å². The Morgan fingerprint density at radius 1 is 1.39 bits per heavy atom. The molecule has 5 nitrogen and oxygen atoms in total. The maximum Gasteiger partial charge on any atom is 0.255 e. The number of fused-ring (bicyclic) bond motifs is 1. The van der Waals surface area contributed by atoms with Gasteiger partial charge in [-0.05, 0) is 46.0 Å². The number of carbonyl (C=O) groups is 1. The topological polar surface area (TPSA) is 56.6 Å². The third kappa shape index (κ3) is 4.10. The van der Waals surface area contributed by atoms with Crippen molar-refractivity contribution in [3.8, 4) is 6.07 Å². The van der Waals surface area contributed by atoms with Crippen molar-refractivity contribution in [1.29, 1.82) is 5.26 Å². The minimum absolute atomic E-state index is 0.0486. The van der Waals surface area contributed by atoms with Crippen molar-refractivity contribution in [3.63, 3.8) is 0 Å². The van der Waals surface area contributed by atoms with Gasteiger partial charge in [-0.3, -0.25) is 4.79 Å². The molecule has 0 aliphatic carbocycles. The van der Waals surface area contributed by atoms with E-state index in [2.05, 4.69) is 11.0 Å². The Labute approximate surface area is 138 Å². The van der Waals surface area contributed by atoms with E-state index < -0.39 is 6.04 Å². The maximum absolute atomic E-state index is 12.6. The highest BCUT2D eigenvalue weighted by Crippen LogP contribution is 2.34. The lowest BCUT2D eigenvalue weighted by atomic mass is 10.0. The number of amides is 1. The summed E-state index contributed by atoms with van der Waals surface area (Å²) in [6, 6.07) is 7.61. The lowest BCUT2D eigenvalue weighted by Crippen LogP contribution is -2.29. The molecule has 5 heteroatoms. The summed E-state index contributed by atoms with van der Waals surface area (Å²) in [7, 11) is 4.00. The first kappa shape index (κ1) is 17.5. The summed E-state index contributed by atoms with van der Waals surface area (Å²) in [6.07, 6.45) is 0.919. The monoisotopic (exact) mass is 315 g/mol. The molecule has 0 radical (unpaired) electrons. The molecule has 0 spiro atoms. The lowest BCUT2D eigenvalue weighted by Gasteiger charge is -2.20. The third-order valence-electron chi connectivity index (χ3n) is 3.83. The minimum Gasteiger partial charge on any atom is -0.379 e. The Bertz CT molecular complexity index is 605. The molecule has 0 aromatic heterocycles. The largest absolute Gasteiger partial charge is 0.379 e. The van der Waals surface area contributed by atoms with E-state index in [1.165, 1.54) is 0 Å². The summed E-state index contributed by atoms with van der Waals surface area (Å²) in [6.45, 7) is 5.91.